The van der Waals surface area contributed by atoms with Crippen LogP contribution in [0.25, 0.3) is 0 Å². The lowest BCUT2D eigenvalue weighted by atomic mass is 10.1. The molecule has 2 rings (SSSR count). The third-order valence-electron chi connectivity index (χ3n) is 3.87. The minimum Gasteiger partial charge on any atom is -0.506 e. The number of hydrogen-bond acceptors (Lipinski definition) is 10. The van der Waals surface area contributed by atoms with Crippen LogP contribution in [0.2, 0.25) is 0 Å². The summed E-state index contributed by atoms with van der Waals surface area (Å²) in [5.41, 5.74) is 7.75. The lowest BCUT2D eigenvalue weighted by Gasteiger charge is -2.26. The smallest absolute Gasteiger partial charge is 0.353 e. The number of rotatable bonds is 5. The largest absolute Gasteiger partial charge is 0.506 e. The maximum absolute atomic E-state index is 12.0. The van der Waals surface area contributed by atoms with Crippen LogP contribution in [0.5, 0.6) is 0 Å². The lowest BCUT2D eigenvalue weighted by molar-refractivity contribution is -0.147. The van der Waals surface area contributed by atoms with Crippen LogP contribution in [0.15, 0.2) is 28.6 Å². The summed E-state index contributed by atoms with van der Waals surface area (Å²) in [6.07, 6.45) is -0.823. The van der Waals surface area contributed by atoms with E-state index >= 15 is 0 Å². The van der Waals surface area contributed by atoms with Crippen LogP contribution >= 0.6 is 0 Å². The zero-order chi connectivity index (χ0) is 19.6. The Morgan fingerprint density at radius 2 is 2.27 bits per heavy atom. The van der Waals surface area contributed by atoms with E-state index in [9.17, 15) is 25.1 Å². The van der Waals surface area contributed by atoms with Crippen molar-refractivity contribution in [1.82, 2.24) is 9.55 Å². The Morgan fingerprint density at radius 1 is 1.62 bits per heavy atom. The number of aliphatic hydroxyl groups excluding tert-OH is 2. The molecule has 0 bridgehead atoms. The molecule has 0 saturated carbocycles. The van der Waals surface area contributed by atoms with Gasteiger partial charge in [-0.15, -0.1) is 0 Å². The molecule has 1 aliphatic heterocycles. The van der Waals surface area contributed by atoms with Crippen molar-refractivity contribution in [3.8, 4) is 6.07 Å². The molecule has 2 heterocycles. The molecular weight excluding hydrogens is 346 g/mol. The molecule has 0 saturated heterocycles. The molecule has 11 heteroatoms. The third-order valence-corrected chi connectivity index (χ3v) is 3.87. The van der Waals surface area contributed by atoms with Crippen LogP contribution < -0.4 is 17.2 Å². The van der Waals surface area contributed by atoms with Crippen LogP contribution in [-0.4, -0.2) is 44.5 Å². The van der Waals surface area contributed by atoms with E-state index in [0.29, 0.717) is 4.57 Å². The summed E-state index contributed by atoms with van der Waals surface area (Å²) in [4.78, 5) is 27.3. The zero-order valence-electron chi connectivity index (χ0n) is 14.1. The Kier molecular flexibility index (Phi) is 5.20. The normalized spacial score (nSPS) is 23.5. The van der Waals surface area contributed by atoms with Gasteiger partial charge in [0.2, 0.25) is 0 Å². The second-order valence-corrected chi connectivity index (χ2v) is 6.00. The molecule has 1 aromatic rings. The third kappa shape index (κ3) is 3.19. The van der Waals surface area contributed by atoms with Crippen molar-refractivity contribution in [1.29, 1.82) is 5.26 Å². The fourth-order valence-electron chi connectivity index (χ4n) is 2.23. The first kappa shape index (κ1) is 19.2. The van der Waals surface area contributed by atoms with E-state index in [-0.39, 0.29) is 17.5 Å². The minimum atomic E-state index is -2.32. The Bertz CT molecular complexity index is 842. The SMILES string of the molecule is CC(C)[C@H](N)C(=O)OCC1=C(O)C(O)[C@](C#N)(n2ccc(N)nc2=O)O1. The molecule has 0 aliphatic carbocycles. The first-order valence-electron chi connectivity index (χ1n) is 7.62. The average molecular weight is 365 g/mol. The fourth-order valence-corrected chi connectivity index (χ4v) is 2.23. The van der Waals surface area contributed by atoms with E-state index in [1.54, 1.807) is 19.9 Å². The number of aliphatic hydroxyl groups is 2. The molecule has 0 aromatic carbocycles. The minimum absolute atomic E-state index is 0.0964. The predicted molar refractivity (Wildman–Crippen MR) is 87.0 cm³/mol. The average Bonchev–Trinajstić information content (AvgIpc) is 2.84. The number of nitrogens with two attached hydrogens (primary N) is 2. The molecule has 0 fully saturated rings. The van der Waals surface area contributed by atoms with Gasteiger partial charge < -0.3 is 31.2 Å². The van der Waals surface area contributed by atoms with Crippen molar-refractivity contribution in [3.63, 3.8) is 0 Å². The number of esters is 1. The van der Waals surface area contributed by atoms with E-state index in [1.807, 2.05) is 0 Å². The number of nitriles is 1. The maximum Gasteiger partial charge on any atom is 0.353 e. The van der Waals surface area contributed by atoms with Gasteiger partial charge in [-0.3, -0.25) is 4.79 Å². The van der Waals surface area contributed by atoms with E-state index < -0.39 is 41.9 Å². The van der Waals surface area contributed by atoms with Gasteiger partial charge in [-0.2, -0.15) is 10.2 Å². The second-order valence-electron chi connectivity index (χ2n) is 6.00. The molecule has 1 unspecified atom stereocenters. The highest BCUT2D eigenvalue weighted by atomic mass is 16.6. The van der Waals surface area contributed by atoms with E-state index in [0.717, 1.165) is 6.20 Å². The molecule has 0 amide bonds. The molecule has 11 nitrogen and oxygen atoms in total. The van der Waals surface area contributed by atoms with Crippen molar-refractivity contribution >= 4 is 11.8 Å². The topological polar surface area (TPSA) is 187 Å². The molecule has 3 atom stereocenters. The summed E-state index contributed by atoms with van der Waals surface area (Å²) >= 11 is 0. The number of carbonyl (C=O) groups is 1. The standard InChI is InChI=1S/C15H19N5O6/c1-7(2)10(18)13(23)25-5-8-11(21)12(22)15(6-16,26-8)20-4-3-9(17)19-14(20)24/h3-4,7,10,12,21-22H,5,18H2,1-2H3,(H2,17,19,24)/t10-,12?,15+/m0/s1. The van der Waals surface area contributed by atoms with Crippen LogP contribution in [0, 0.1) is 17.2 Å². The Hall–Kier alpha value is -3.10. The highest BCUT2D eigenvalue weighted by Gasteiger charge is 2.53. The first-order chi connectivity index (χ1) is 12.1. The molecule has 0 spiro atoms. The lowest BCUT2D eigenvalue weighted by Crippen LogP contribution is -2.48. The van der Waals surface area contributed by atoms with Crippen LogP contribution in [0.3, 0.4) is 0 Å². The van der Waals surface area contributed by atoms with Gasteiger partial charge in [0.1, 0.15) is 17.9 Å². The zero-order valence-corrected chi connectivity index (χ0v) is 14.1. The molecule has 0 radical (unpaired) electrons. The quantitative estimate of drug-likeness (QED) is 0.456. The van der Waals surface area contributed by atoms with Crippen molar-refractivity contribution in [2.75, 3.05) is 12.3 Å². The van der Waals surface area contributed by atoms with Gasteiger partial charge in [-0.05, 0) is 12.0 Å². The molecule has 1 aromatic heterocycles. The van der Waals surface area contributed by atoms with Gasteiger partial charge in [0.25, 0.3) is 0 Å². The van der Waals surface area contributed by atoms with E-state index in [2.05, 4.69) is 4.98 Å². The van der Waals surface area contributed by atoms with E-state index in [4.69, 9.17) is 20.9 Å². The Labute approximate surface area is 148 Å². The summed E-state index contributed by atoms with van der Waals surface area (Å²) in [6, 6.07) is 1.96. The second kappa shape index (κ2) is 7.03. The number of carbonyl (C=O) groups excluding carboxylic acids is 1. The molecule has 6 N–H and O–H groups in total. The molecule has 26 heavy (non-hydrogen) atoms. The number of ether oxygens (including phenoxy) is 2. The highest BCUT2D eigenvalue weighted by molar-refractivity contribution is 5.75. The fraction of sp³-hybridized carbons (Fsp3) is 0.467. The summed E-state index contributed by atoms with van der Waals surface area (Å²) in [7, 11) is 0. The molecule has 140 valence electrons. The number of nitrogen functional groups attached to an aromatic ring is 1. The monoisotopic (exact) mass is 365 g/mol. The Balaban J connectivity index is 2.27. The van der Waals surface area contributed by atoms with Gasteiger partial charge in [-0.1, -0.05) is 13.8 Å². The number of anilines is 1. The predicted octanol–water partition coefficient (Wildman–Crippen LogP) is -1.31. The van der Waals surface area contributed by atoms with Crippen LogP contribution in [0.4, 0.5) is 5.82 Å². The summed E-state index contributed by atoms with van der Waals surface area (Å²) < 4.78 is 10.9. The van der Waals surface area contributed by atoms with Gasteiger partial charge in [0.15, 0.2) is 24.2 Å². The summed E-state index contributed by atoms with van der Waals surface area (Å²) in [6.45, 7) is 2.86. The van der Waals surface area contributed by atoms with Gasteiger partial charge >= 0.3 is 17.4 Å². The van der Waals surface area contributed by atoms with Crippen molar-refractivity contribution < 1.29 is 24.5 Å². The maximum atomic E-state index is 12.0. The van der Waals surface area contributed by atoms with E-state index in [1.165, 1.54) is 6.07 Å². The van der Waals surface area contributed by atoms with Crippen LogP contribution in [0.1, 0.15) is 13.8 Å². The number of aromatic nitrogens is 2. The van der Waals surface area contributed by atoms with Gasteiger partial charge in [-0.25, -0.2) is 9.36 Å². The van der Waals surface area contributed by atoms with Crippen molar-refractivity contribution in [2.45, 2.75) is 31.7 Å². The van der Waals surface area contributed by atoms with Crippen LogP contribution in [-0.2, 0) is 20.0 Å². The number of hydrogen-bond donors (Lipinski definition) is 4. The van der Waals surface area contributed by atoms with Crippen molar-refractivity contribution in [3.05, 3.63) is 34.3 Å². The van der Waals surface area contributed by atoms with Crippen molar-refractivity contribution in [2.24, 2.45) is 11.7 Å². The molecule has 1 aliphatic rings. The summed E-state index contributed by atoms with van der Waals surface area (Å²) in [5.74, 6) is -2.16. The van der Waals surface area contributed by atoms with Gasteiger partial charge in [0.05, 0.1) is 0 Å². The Morgan fingerprint density at radius 3 is 2.81 bits per heavy atom. The number of nitrogens with zero attached hydrogens (tertiary/aromatic N) is 3. The summed E-state index contributed by atoms with van der Waals surface area (Å²) in [5, 5.41) is 29.8. The van der Waals surface area contributed by atoms with Gasteiger partial charge in [0, 0.05) is 6.20 Å². The highest BCUT2D eigenvalue weighted by Crippen LogP contribution is 2.36. The molecular formula is C15H19N5O6. The first-order valence-corrected chi connectivity index (χ1v) is 7.62.